The minimum absolute atomic E-state index is 0.498. The van der Waals surface area contributed by atoms with Crippen LogP contribution in [-0.4, -0.2) is 19.1 Å². The summed E-state index contributed by atoms with van der Waals surface area (Å²) in [5.74, 6) is 0.498. The van der Waals surface area contributed by atoms with Crippen molar-refractivity contribution < 1.29 is 0 Å². The summed E-state index contributed by atoms with van der Waals surface area (Å²) >= 11 is 5.70. The summed E-state index contributed by atoms with van der Waals surface area (Å²) in [5.41, 5.74) is 2.18. The highest BCUT2D eigenvalue weighted by Gasteiger charge is 2.05. The van der Waals surface area contributed by atoms with Gasteiger partial charge in [-0.15, -0.1) is 0 Å². The molecule has 0 atom stereocenters. The van der Waals surface area contributed by atoms with Gasteiger partial charge >= 0.3 is 0 Å². The zero-order valence-corrected chi connectivity index (χ0v) is 8.31. The second kappa shape index (κ2) is 4.44. The number of halogens is 1. The maximum absolute atomic E-state index is 5.70. The first-order valence-corrected chi connectivity index (χ1v) is 3.94. The fraction of sp³-hybridized carbons (Fsp3) is 0.571. The van der Waals surface area contributed by atoms with E-state index in [9.17, 15) is 0 Å². The highest BCUT2D eigenvalue weighted by molar-refractivity contribution is 6.27. The van der Waals surface area contributed by atoms with Gasteiger partial charge in [0.1, 0.15) is 0 Å². The van der Waals surface area contributed by atoms with Gasteiger partial charge < -0.3 is 0 Å². The Kier molecular flexibility index (Phi) is 4.27. The summed E-state index contributed by atoms with van der Waals surface area (Å²) < 4.78 is 1.27. The van der Waals surface area contributed by atoms with Crippen molar-refractivity contribution >= 4 is 26.3 Å². The maximum atomic E-state index is 5.70. The van der Waals surface area contributed by atoms with E-state index >= 15 is 0 Å². The Bertz CT molecular complexity index is 177. The lowest BCUT2D eigenvalue weighted by molar-refractivity contribution is 0.614. The minimum atomic E-state index is 0.498. The van der Waals surface area contributed by atoms with E-state index in [1.165, 1.54) is 10.1 Å². The molecular weight excluding hydrogens is 158 g/mol. The molecule has 4 heteroatoms. The summed E-state index contributed by atoms with van der Waals surface area (Å²) in [6, 6.07) is 0. The van der Waals surface area contributed by atoms with Gasteiger partial charge in [-0.3, -0.25) is 0 Å². The monoisotopic (exact) mass is 172 g/mol. The van der Waals surface area contributed by atoms with Crippen LogP contribution < -0.4 is 0 Å². The zero-order chi connectivity index (χ0) is 9.02. The molecule has 0 heterocycles. The van der Waals surface area contributed by atoms with Gasteiger partial charge in [0.25, 0.3) is 0 Å². The maximum Gasteiger partial charge on any atom is 0.165 e. The predicted molar refractivity (Wildman–Crippen MR) is 53.3 cm³/mol. The van der Waals surface area contributed by atoms with Crippen molar-refractivity contribution in [2.24, 2.45) is 11.0 Å². The second-order valence-electron chi connectivity index (χ2n) is 2.82. The molecule has 11 heavy (non-hydrogen) atoms. The Morgan fingerprint density at radius 1 is 1.64 bits per heavy atom. The van der Waals surface area contributed by atoms with Crippen LogP contribution in [0.3, 0.4) is 0 Å². The van der Waals surface area contributed by atoms with Gasteiger partial charge in [-0.05, 0) is 12.8 Å². The summed E-state index contributed by atoms with van der Waals surface area (Å²) in [6.07, 6.45) is 0. The third-order valence-electron chi connectivity index (χ3n) is 1.84. The zero-order valence-electron chi connectivity index (χ0n) is 7.56. The number of allylic oxidation sites excluding steroid dienone is 1. The molecule has 0 aromatic carbocycles. The smallest absolute Gasteiger partial charge is 0.165 e. The van der Waals surface area contributed by atoms with Crippen LogP contribution in [0.1, 0.15) is 20.8 Å². The van der Waals surface area contributed by atoms with E-state index in [-0.39, 0.29) is 0 Å². The molecule has 0 N–H and O–H groups in total. The highest BCUT2D eigenvalue weighted by Crippen LogP contribution is 2.16. The second-order valence-corrected chi connectivity index (χ2v) is 3.14. The Labute approximate surface area is 74.4 Å². The van der Waals surface area contributed by atoms with Crippen LogP contribution >= 0.6 is 11.8 Å². The normalized spacial score (nSPS) is 12.8. The molecule has 0 saturated carbocycles. The first-order valence-electron chi connectivity index (χ1n) is 3.60. The predicted octanol–water partition coefficient (Wildman–Crippen LogP) is 1.58. The van der Waals surface area contributed by atoms with Gasteiger partial charge in [0.2, 0.25) is 0 Å². The lowest BCUT2D eigenvalue weighted by Gasteiger charge is -2.15. The fourth-order valence-electron chi connectivity index (χ4n) is 0.669. The summed E-state index contributed by atoms with van der Waals surface area (Å²) in [5, 5.41) is 3.58. The summed E-state index contributed by atoms with van der Waals surface area (Å²) in [4.78, 5) is 0. The SMILES string of the molecule is B/C(=C(/C)C(C)C)N(Cl)N=C. The third kappa shape index (κ3) is 2.97. The molecule has 0 rings (SSSR count). The average Bonchev–Trinajstić information content (AvgIpc) is 2.00. The molecule has 0 unspecified atom stereocenters. The van der Waals surface area contributed by atoms with E-state index in [0.717, 1.165) is 5.60 Å². The van der Waals surface area contributed by atoms with Gasteiger partial charge in [0.15, 0.2) is 7.85 Å². The van der Waals surface area contributed by atoms with Crippen LogP contribution in [0.15, 0.2) is 16.3 Å². The van der Waals surface area contributed by atoms with Crippen molar-refractivity contribution in [3.63, 3.8) is 0 Å². The van der Waals surface area contributed by atoms with E-state index in [1.54, 1.807) is 0 Å². The number of hydrogen-bond acceptors (Lipinski definition) is 2. The molecule has 0 aromatic heterocycles. The Hall–Kier alpha value is -0.435. The Morgan fingerprint density at radius 3 is 2.36 bits per heavy atom. The van der Waals surface area contributed by atoms with Gasteiger partial charge in [0, 0.05) is 24.1 Å². The van der Waals surface area contributed by atoms with Gasteiger partial charge in [-0.2, -0.15) is 9.63 Å². The first kappa shape index (κ1) is 10.6. The van der Waals surface area contributed by atoms with Crippen molar-refractivity contribution in [3.8, 4) is 0 Å². The van der Waals surface area contributed by atoms with Crippen LogP contribution in [0, 0.1) is 5.92 Å². The molecule has 0 aliphatic heterocycles. The molecular formula is C7H14BClN2. The Balaban J connectivity index is 4.51. The molecule has 62 valence electrons. The lowest BCUT2D eigenvalue weighted by Crippen LogP contribution is -2.08. The summed E-state index contributed by atoms with van der Waals surface area (Å²) in [6.45, 7) is 9.61. The molecule has 0 amide bonds. The Morgan fingerprint density at radius 2 is 2.09 bits per heavy atom. The molecule has 2 nitrogen and oxygen atoms in total. The van der Waals surface area contributed by atoms with Crippen molar-refractivity contribution in [1.29, 1.82) is 0 Å². The van der Waals surface area contributed by atoms with E-state index in [4.69, 9.17) is 11.8 Å². The third-order valence-corrected chi connectivity index (χ3v) is 2.20. The van der Waals surface area contributed by atoms with Crippen molar-refractivity contribution in [2.45, 2.75) is 20.8 Å². The standard InChI is InChI=1S/C7H14BClN2/c1-5(2)6(3)7(8)11(9)10-4/h5H,4,8H2,1-3H3/b7-6+. The number of hydrazone groups is 1. The van der Waals surface area contributed by atoms with Gasteiger partial charge in [-0.1, -0.05) is 19.4 Å². The fourth-order valence-corrected chi connectivity index (χ4v) is 0.803. The van der Waals surface area contributed by atoms with Crippen LogP contribution in [0.25, 0.3) is 0 Å². The quantitative estimate of drug-likeness (QED) is 0.273. The number of rotatable bonds is 3. The van der Waals surface area contributed by atoms with Gasteiger partial charge in [0.05, 0.1) is 0 Å². The lowest BCUT2D eigenvalue weighted by atomic mass is 9.93. The van der Waals surface area contributed by atoms with E-state index in [0.29, 0.717) is 5.92 Å². The van der Waals surface area contributed by atoms with Crippen LogP contribution in [0.5, 0.6) is 0 Å². The van der Waals surface area contributed by atoms with Crippen LogP contribution in [-0.2, 0) is 0 Å². The number of hydrogen-bond donors (Lipinski definition) is 0. The average molecular weight is 172 g/mol. The molecule has 0 aliphatic carbocycles. The number of nitrogens with zero attached hydrogens (tertiary/aromatic N) is 2. The van der Waals surface area contributed by atoms with Gasteiger partial charge in [-0.25, -0.2) is 0 Å². The van der Waals surface area contributed by atoms with E-state index in [1.807, 2.05) is 14.8 Å². The molecule has 0 aliphatic rings. The minimum Gasteiger partial charge on any atom is -0.188 e. The van der Waals surface area contributed by atoms with Crippen LogP contribution in [0.4, 0.5) is 0 Å². The molecule has 0 spiro atoms. The molecule has 0 bridgehead atoms. The molecule has 0 aromatic rings. The molecule has 0 radical (unpaired) electrons. The summed E-state index contributed by atoms with van der Waals surface area (Å²) in [7, 11) is 1.93. The van der Waals surface area contributed by atoms with Crippen molar-refractivity contribution in [3.05, 3.63) is 11.2 Å². The van der Waals surface area contributed by atoms with Crippen molar-refractivity contribution in [1.82, 2.24) is 4.53 Å². The molecule has 0 fully saturated rings. The van der Waals surface area contributed by atoms with Crippen molar-refractivity contribution in [2.75, 3.05) is 0 Å². The topological polar surface area (TPSA) is 15.6 Å². The molecule has 0 saturated heterocycles. The van der Waals surface area contributed by atoms with E-state index in [2.05, 4.69) is 25.7 Å². The van der Waals surface area contributed by atoms with E-state index < -0.39 is 0 Å². The van der Waals surface area contributed by atoms with Crippen LogP contribution in [0.2, 0.25) is 0 Å². The highest BCUT2D eigenvalue weighted by atomic mass is 35.5. The largest absolute Gasteiger partial charge is 0.188 e. The first-order chi connectivity index (χ1) is 5.00.